The van der Waals surface area contributed by atoms with E-state index in [0.717, 1.165) is 84.0 Å². The molecule has 360 valence electrons. The first-order valence-electron chi connectivity index (χ1n) is 25.9. The topological polar surface area (TPSA) is 114 Å². The summed E-state index contributed by atoms with van der Waals surface area (Å²) in [5.41, 5.74) is 3.94. The van der Waals surface area contributed by atoms with E-state index in [9.17, 15) is 25.9 Å². The Hall–Kier alpha value is -1.52. The third kappa shape index (κ3) is 23.6. The summed E-state index contributed by atoms with van der Waals surface area (Å²) >= 11 is 0. The van der Waals surface area contributed by atoms with E-state index in [2.05, 4.69) is 64.1 Å². The maximum absolute atomic E-state index is 12.0. The van der Waals surface area contributed by atoms with Crippen LogP contribution in [0.15, 0.2) is 70.5 Å². The second-order valence-electron chi connectivity index (χ2n) is 18.6. The van der Waals surface area contributed by atoms with Crippen LogP contribution in [0.5, 0.6) is 0 Å². The van der Waals surface area contributed by atoms with Gasteiger partial charge in [0.05, 0.1) is 9.79 Å². The van der Waals surface area contributed by atoms with E-state index in [1.54, 1.807) is 12.1 Å². The van der Waals surface area contributed by atoms with E-state index in [1.165, 1.54) is 165 Å². The van der Waals surface area contributed by atoms with Gasteiger partial charge in [-0.15, -0.1) is 0 Å². The number of aryl methyl sites for hydroxylation is 4. The molecule has 0 aliphatic heterocycles. The molecule has 65 heavy (non-hydrogen) atoms. The second-order valence-corrected chi connectivity index (χ2v) is 21.3. The van der Waals surface area contributed by atoms with Gasteiger partial charge in [-0.05, 0) is 107 Å². The predicted octanol–water partition coefficient (Wildman–Crippen LogP) is 16.3. The first-order chi connectivity index (χ1) is 30.9. The van der Waals surface area contributed by atoms with Crippen molar-refractivity contribution >= 4 is 79.5 Å². The van der Waals surface area contributed by atoms with Gasteiger partial charge in [0.1, 0.15) is 20.2 Å². The number of benzene rings is 4. The zero-order valence-electron chi connectivity index (χ0n) is 41.4. The number of hydrogen-bond donors (Lipinski definition) is 0. The standard InChI is InChI=1S/2C28H44O3S.Ca/c2*1-3-5-7-9-11-13-15-17-24-19-20-25-21-22-28(32(29,30)31)26(27(25)23-24)18-16-14-12-10-8-6-4-2;/h2*19-23H,3-18H2,1-2H3,(H,29,30,31);/q;;+2/p-2. The van der Waals surface area contributed by atoms with Crippen molar-refractivity contribution in [3.8, 4) is 0 Å². The average Bonchev–Trinajstić information content (AvgIpc) is 3.27. The summed E-state index contributed by atoms with van der Waals surface area (Å²) in [6.45, 7) is 8.91. The monoisotopic (exact) mass is 959 g/mol. The number of fused-ring (bicyclic) bond motifs is 2. The van der Waals surface area contributed by atoms with Crippen LogP contribution in [0, 0.1) is 0 Å². The maximum Gasteiger partial charge on any atom is 2.00 e. The third-order valence-corrected chi connectivity index (χ3v) is 14.9. The summed E-state index contributed by atoms with van der Waals surface area (Å²) in [6.07, 6.45) is 37.6. The molecule has 0 unspecified atom stereocenters. The fraction of sp³-hybridized carbons (Fsp3) is 0.643. The van der Waals surface area contributed by atoms with Crippen LogP contribution >= 0.6 is 0 Å². The summed E-state index contributed by atoms with van der Waals surface area (Å²) < 4.78 is 71.7. The van der Waals surface area contributed by atoms with Crippen molar-refractivity contribution in [1.82, 2.24) is 0 Å². The Bertz CT molecular complexity index is 1960. The van der Waals surface area contributed by atoms with Gasteiger partial charge in [-0.2, -0.15) is 0 Å². The van der Waals surface area contributed by atoms with Gasteiger partial charge < -0.3 is 9.11 Å². The Morgan fingerprint density at radius 3 is 0.862 bits per heavy atom. The van der Waals surface area contributed by atoms with Crippen LogP contribution in [-0.2, 0) is 45.9 Å². The molecule has 0 bridgehead atoms. The van der Waals surface area contributed by atoms with Crippen LogP contribution in [0.1, 0.15) is 230 Å². The molecule has 0 N–H and O–H groups in total. The van der Waals surface area contributed by atoms with E-state index in [1.807, 2.05) is 0 Å². The van der Waals surface area contributed by atoms with Gasteiger partial charge in [-0.25, -0.2) is 16.8 Å². The summed E-state index contributed by atoms with van der Waals surface area (Å²) in [6, 6.07) is 19.3. The van der Waals surface area contributed by atoms with Crippen molar-refractivity contribution in [3.63, 3.8) is 0 Å². The molecular formula is C56H86CaO6S2. The molecule has 4 aromatic rings. The Kier molecular flexibility index (Phi) is 31.8. The third-order valence-electron chi connectivity index (χ3n) is 13.0. The van der Waals surface area contributed by atoms with Crippen LogP contribution < -0.4 is 0 Å². The number of unbranched alkanes of at least 4 members (excludes halogenated alkanes) is 24. The fourth-order valence-corrected chi connectivity index (χ4v) is 10.7. The van der Waals surface area contributed by atoms with Crippen LogP contribution in [0.2, 0.25) is 0 Å². The van der Waals surface area contributed by atoms with E-state index in [4.69, 9.17) is 0 Å². The minimum absolute atomic E-state index is 0. The van der Waals surface area contributed by atoms with Crippen LogP contribution in [-0.4, -0.2) is 63.7 Å². The molecule has 0 aliphatic rings. The van der Waals surface area contributed by atoms with E-state index < -0.39 is 20.2 Å². The quantitative estimate of drug-likeness (QED) is 0.0262. The normalized spacial score (nSPS) is 11.8. The van der Waals surface area contributed by atoms with E-state index >= 15 is 0 Å². The predicted molar refractivity (Wildman–Crippen MR) is 276 cm³/mol. The van der Waals surface area contributed by atoms with Crippen molar-refractivity contribution in [2.45, 2.75) is 243 Å². The van der Waals surface area contributed by atoms with Crippen molar-refractivity contribution in [2.24, 2.45) is 0 Å². The minimum Gasteiger partial charge on any atom is -0.744 e. The maximum atomic E-state index is 12.0. The minimum atomic E-state index is -4.47. The molecule has 0 radical (unpaired) electrons. The largest absolute Gasteiger partial charge is 2.00 e. The molecule has 6 nitrogen and oxygen atoms in total. The Morgan fingerprint density at radius 2 is 0.585 bits per heavy atom. The SMILES string of the molecule is CCCCCCCCCc1ccc2ccc(S(=O)(=O)[O-])c(CCCCCCCCC)c2c1.CCCCCCCCCc1ccc2ccc(S(=O)(=O)[O-])c(CCCCCCCCC)c2c1.[Ca+2]. The zero-order chi connectivity index (χ0) is 46.5. The molecule has 0 spiro atoms. The molecule has 4 aromatic carbocycles. The molecule has 4 rings (SSSR count). The van der Waals surface area contributed by atoms with Gasteiger partial charge in [-0.1, -0.05) is 230 Å². The fourth-order valence-electron chi connectivity index (χ4n) is 9.20. The smallest absolute Gasteiger partial charge is 0.744 e. The summed E-state index contributed by atoms with van der Waals surface area (Å²) in [7, 11) is -8.95. The molecular weight excluding hydrogens is 873 g/mol. The molecule has 0 fully saturated rings. The van der Waals surface area contributed by atoms with Crippen molar-refractivity contribution in [3.05, 3.63) is 82.9 Å². The van der Waals surface area contributed by atoms with Gasteiger partial charge in [0.25, 0.3) is 0 Å². The van der Waals surface area contributed by atoms with Gasteiger partial charge in [-0.3, -0.25) is 0 Å². The van der Waals surface area contributed by atoms with Crippen LogP contribution in [0.25, 0.3) is 21.5 Å². The van der Waals surface area contributed by atoms with Gasteiger partial charge >= 0.3 is 37.7 Å². The van der Waals surface area contributed by atoms with Crippen molar-refractivity contribution < 1.29 is 25.9 Å². The van der Waals surface area contributed by atoms with Crippen molar-refractivity contribution in [1.29, 1.82) is 0 Å². The van der Waals surface area contributed by atoms with Crippen LogP contribution in [0.3, 0.4) is 0 Å². The summed E-state index contributed by atoms with van der Waals surface area (Å²) in [4.78, 5) is -0.0480. The Labute approximate surface area is 427 Å². The molecule has 0 saturated heterocycles. The molecule has 0 atom stereocenters. The molecule has 0 heterocycles. The van der Waals surface area contributed by atoms with Gasteiger partial charge in [0.2, 0.25) is 0 Å². The van der Waals surface area contributed by atoms with Gasteiger partial charge in [0.15, 0.2) is 0 Å². The Morgan fingerprint density at radius 1 is 0.338 bits per heavy atom. The zero-order valence-corrected chi connectivity index (χ0v) is 45.2. The molecule has 9 heteroatoms. The number of hydrogen-bond acceptors (Lipinski definition) is 6. The number of rotatable bonds is 34. The molecule has 0 saturated carbocycles. The Balaban J connectivity index is 0.000000440. The van der Waals surface area contributed by atoms with Crippen molar-refractivity contribution in [2.75, 3.05) is 0 Å². The summed E-state index contributed by atoms with van der Waals surface area (Å²) in [5.74, 6) is 0. The molecule has 0 aromatic heterocycles. The van der Waals surface area contributed by atoms with Crippen LogP contribution in [0.4, 0.5) is 0 Å². The molecule has 0 aliphatic carbocycles. The second kappa shape index (κ2) is 34.7. The first kappa shape index (κ1) is 59.6. The van der Waals surface area contributed by atoms with E-state index in [0.29, 0.717) is 12.8 Å². The first-order valence-corrected chi connectivity index (χ1v) is 28.8. The summed E-state index contributed by atoms with van der Waals surface area (Å²) in [5, 5.41) is 3.96. The molecule has 0 amide bonds. The van der Waals surface area contributed by atoms with Gasteiger partial charge in [0, 0.05) is 0 Å². The average molecular weight is 960 g/mol. The van der Waals surface area contributed by atoms with E-state index in [-0.39, 0.29) is 47.5 Å².